The Morgan fingerprint density at radius 2 is 2.35 bits per heavy atom. The molecule has 0 aromatic carbocycles. The lowest BCUT2D eigenvalue weighted by atomic mass is 10.0. The van der Waals surface area contributed by atoms with Crippen molar-refractivity contribution in [3.8, 4) is 0 Å². The van der Waals surface area contributed by atoms with Gasteiger partial charge in [-0.05, 0) is 31.1 Å². The molecule has 3 heteroatoms. The fraction of sp³-hybridized carbons (Fsp3) is 0.0588. The number of nitrogens with zero attached hydrogens (tertiary/aromatic N) is 2. The van der Waals surface area contributed by atoms with Crippen molar-refractivity contribution in [1.29, 1.82) is 0 Å². The molecule has 0 spiro atoms. The van der Waals surface area contributed by atoms with E-state index in [1.807, 2.05) is 0 Å². The average Bonchev–Trinajstić information content (AvgIpc) is 2.99. The molecule has 3 aromatic heterocycles. The van der Waals surface area contributed by atoms with Gasteiger partial charge >= 0.3 is 0 Å². The van der Waals surface area contributed by atoms with Gasteiger partial charge in [0.15, 0.2) is 0 Å². The number of fused-ring (bicyclic) bond motifs is 1. The van der Waals surface area contributed by atoms with Gasteiger partial charge in [-0.3, -0.25) is 4.98 Å². The van der Waals surface area contributed by atoms with Crippen LogP contribution in [0.3, 0.4) is 0 Å². The van der Waals surface area contributed by atoms with Crippen LogP contribution in [0.1, 0.15) is 32.3 Å². The predicted molar refractivity (Wildman–Crippen MR) is 81.2 cm³/mol. The molecule has 0 atom stereocenters. The molecular formula is C17H14N2O. The molecule has 0 radical (unpaired) electrons. The third-order valence-corrected chi connectivity index (χ3v) is 2.82. The molecule has 0 bridgehead atoms. The maximum absolute atomic E-state index is 8.02. The van der Waals surface area contributed by atoms with E-state index in [-0.39, 0.29) is 34.5 Å². The van der Waals surface area contributed by atoms with Crippen molar-refractivity contribution < 1.29 is 14.0 Å². The first-order valence-corrected chi connectivity index (χ1v) is 5.76. The quantitative estimate of drug-likeness (QED) is 0.714. The number of hydrogen-bond donors (Lipinski definition) is 0. The number of furan rings is 1. The summed E-state index contributed by atoms with van der Waals surface area (Å²) in [6, 6.07) is 1.68. The van der Waals surface area contributed by atoms with Gasteiger partial charge in [0.1, 0.15) is 5.76 Å². The molecule has 0 fully saturated rings. The van der Waals surface area contributed by atoms with Crippen LogP contribution in [0, 0.1) is 6.85 Å². The summed E-state index contributed by atoms with van der Waals surface area (Å²) in [5.74, 6) is 0.160. The van der Waals surface area contributed by atoms with Gasteiger partial charge in [-0.15, -0.1) is 0 Å². The molecule has 3 heterocycles. The number of rotatable bonds is 3. The van der Waals surface area contributed by atoms with Crippen LogP contribution in [-0.2, 0) is 0 Å². The van der Waals surface area contributed by atoms with Crippen molar-refractivity contribution in [3.63, 3.8) is 0 Å². The first kappa shape index (κ1) is 6.66. The molecule has 0 amide bonds. The maximum Gasteiger partial charge on any atom is 0.227 e. The molecule has 3 nitrogen and oxygen atoms in total. The van der Waals surface area contributed by atoms with Crippen LogP contribution < -0.4 is 0 Å². The second kappa shape index (κ2) is 4.78. The molecule has 0 saturated carbocycles. The lowest BCUT2D eigenvalue weighted by molar-refractivity contribution is 0.586. The summed E-state index contributed by atoms with van der Waals surface area (Å²) in [6.45, 7) is 5.18. The van der Waals surface area contributed by atoms with Gasteiger partial charge in [0.05, 0.1) is 11.2 Å². The minimum atomic E-state index is -2.40. The van der Waals surface area contributed by atoms with E-state index in [1.54, 1.807) is 6.07 Å². The van der Waals surface area contributed by atoms with Gasteiger partial charge in [0.25, 0.3) is 0 Å². The Kier molecular flexibility index (Phi) is 1.59. The molecule has 0 unspecified atom stereocenters. The van der Waals surface area contributed by atoms with E-state index >= 15 is 0 Å². The highest BCUT2D eigenvalue weighted by Gasteiger charge is 2.17. The SMILES string of the molecule is [2H]c1nc(C(=C)c2oc3nc(C([2H])([2H])[2H])ccc3c2C=C)c([2H])c([2H])c1[2H]. The van der Waals surface area contributed by atoms with E-state index in [0.29, 0.717) is 10.9 Å². The molecule has 3 aromatic rings. The predicted octanol–water partition coefficient (Wildman–Crippen LogP) is 4.24. The lowest BCUT2D eigenvalue weighted by Gasteiger charge is -2.02. The second-order valence-electron chi connectivity index (χ2n) is 4.02. The van der Waals surface area contributed by atoms with Crippen LogP contribution in [0.2, 0.25) is 0 Å². The first-order valence-electron chi connectivity index (χ1n) is 9.26. The molecule has 0 aliphatic carbocycles. The van der Waals surface area contributed by atoms with Crippen molar-refractivity contribution in [2.24, 2.45) is 0 Å². The van der Waals surface area contributed by atoms with E-state index in [2.05, 4.69) is 23.1 Å². The number of hydrogen-bond acceptors (Lipinski definition) is 3. The van der Waals surface area contributed by atoms with Crippen LogP contribution in [0.25, 0.3) is 22.7 Å². The molecule has 0 aliphatic rings. The molecule has 20 heavy (non-hydrogen) atoms. The van der Waals surface area contributed by atoms with Crippen molar-refractivity contribution in [1.82, 2.24) is 9.97 Å². The Morgan fingerprint density at radius 3 is 3.15 bits per heavy atom. The zero-order valence-corrected chi connectivity index (χ0v) is 10.4. The summed E-state index contributed by atoms with van der Waals surface area (Å²) in [7, 11) is 0. The Hall–Kier alpha value is -2.68. The van der Waals surface area contributed by atoms with Crippen LogP contribution in [0.5, 0.6) is 0 Å². The zero-order valence-electron chi connectivity index (χ0n) is 17.4. The number of aromatic nitrogens is 2. The van der Waals surface area contributed by atoms with Crippen molar-refractivity contribution in [2.45, 2.75) is 6.85 Å². The summed E-state index contributed by atoms with van der Waals surface area (Å²) in [5, 5.41) is 0.509. The van der Waals surface area contributed by atoms with Crippen LogP contribution in [-0.4, -0.2) is 9.97 Å². The van der Waals surface area contributed by atoms with Gasteiger partial charge in [-0.25, -0.2) is 4.98 Å². The molecule has 0 N–H and O–H groups in total. The van der Waals surface area contributed by atoms with Gasteiger partial charge in [0, 0.05) is 32.5 Å². The topological polar surface area (TPSA) is 38.9 Å². The Balaban J connectivity index is 2.22. The zero-order chi connectivity index (χ0) is 20.1. The Labute approximate surface area is 127 Å². The van der Waals surface area contributed by atoms with E-state index in [4.69, 9.17) is 14.0 Å². The lowest BCUT2D eigenvalue weighted by Crippen LogP contribution is -1.89. The van der Waals surface area contributed by atoms with Crippen molar-refractivity contribution >= 4 is 22.7 Å². The van der Waals surface area contributed by atoms with E-state index in [1.165, 1.54) is 12.1 Å². The highest BCUT2D eigenvalue weighted by Crippen LogP contribution is 2.32. The smallest absolute Gasteiger partial charge is 0.227 e. The summed E-state index contributed by atoms with van der Waals surface area (Å²) < 4.78 is 59.2. The fourth-order valence-electron chi connectivity index (χ4n) is 1.90. The van der Waals surface area contributed by atoms with Crippen LogP contribution in [0.4, 0.5) is 0 Å². The van der Waals surface area contributed by atoms with Gasteiger partial charge in [-0.1, -0.05) is 25.3 Å². The normalized spacial score (nSPS) is 16.3. The van der Waals surface area contributed by atoms with E-state index < -0.39 is 25.1 Å². The number of aryl methyl sites for hydroxylation is 1. The molecule has 0 saturated heterocycles. The van der Waals surface area contributed by atoms with Crippen LogP contribution in [0.15, 0.2) is 54.0 Å². The second-order valence-corrected chi connectivity index (χ2v) is 4.02. The summed E-state index contributed by atoms with van der Waals surface area (Å²) in [6.07, 6.45) is 1.03. The fourth-order valence-corrected chi connectivity index (χ4v) is 1.90. The Morgan fingerprint density at radius 1 is 1.45 bits per heavy atom. The van der Waals surface area contributed by atoms with Crippen molar-refractivity contribution in [2.75, 3.05) is 0 Å². The number of pyridine rings is 2. The first-order chi connectivity index (χ1) is 12.6. The minimum absolute atomic E-state index is 0.0653. The molecular weight excluding hydrogens is 248 g/mol. The van der Waals surface area contributed by atoms with Crippen LogP contribution >= 0.6 is 0 Å². The standard InChI is InChI=1S/C17H14N2O/c1-4-13-14-9-8-11(2)19-17(14)20-16(13)12(3)15-7-5-6-10-18-15/h4-10H,1,3H2,2H3/i2D3,5D,6D,7D,10D. The summed E-state index contributed by atoms with van der Waals surface area (Å²) in [5.41, 5.74) is 0.463. The summed E-state index contributed by atoms with van der Waals surface area (Å²) >= 11 is 0. The van der Waals surface area contributed by atoms with Gasteiger partial charge in [0.2, 0.25) is 5.71 Å². The average molecular weight is 269 g/mol. The van der Waals surface area contributed by atoms with E-state index in [0.717, 1.165) is 0 Å². The highest BCUT2D eigenvalue weighted by atomic mass is 16.3. The minimum Gasteiger partial charge on any atom is -0.437 e. The van der Waals surface area contributed by atoms with Crippen molar-refractivity contribution in [3.05, 3.63) is 72.3 Å². The van der Waals surface area contributed by atoms with Gasteiger partial charge in [-0.2, -0.15) is 0 Å². The van der Waals surface area contributed by atoms with E-state index in [9.17, 15) is 0 Å². The summed E-state index contributed by atoms with van der Waals surface area (Å²) in [4.78, 5) is 7.91. The third kappa shape index (κ3) is 1.93. The molecule has 98 valence electrons. The van der Waals surface area contributed by atoms with Gasteiger partial charge < -0.3 is 4.42 Å². The molecule has 0 aliphatic heterocycles. The monoisotopic (exact) mass is 269 g/mol. The third-order valence-electron chi connectivity index (χ3n) is 2.82. The Bertz CT molecular complexity index is 1100. The highest BCUT2D eigenvalue weighted by molar-refractivity contribution is 5.92. The maximum atomic E-state index is 8.02. The molecule has 3 rings (SSSR count). The largest absolute Gasteiger partial charge is 0.437 e.